The first-order valence-electron chi connectivity index (χ1n) is 12.0. The third kappa shape index (κ3) is 15.9. The van der Waals surface area contributed by atoms with Crippen molar-refractivity contribution in [3.63, 3.8) is 0 Å². The highest BCUT2D eigenvalue weighted by Crippen LogP contribution is 2.67. The van der Waals surface area contributed by atoms with E-state index in [9.17, 15) is 4.89 Å². The molecule has 0 aromatic heterocycles. The molecule has 0 aromatic carbocycles. The molecule has 12 nitrogen and oxygen atoms in total. The van der Waals surface area contributed by atoms with E-state index in [1.54, 1.807) is 4.67 Å². The van der Waals surface area contributed by atoms with Gasteiger partial charge in [0.25, 0.3) is 17.1 Å². The highest BCUT2D eigenvalue weighted by molar-refractivity contribution is 7.64. The fourth-order valence-corrected chi connectivity index (χ4v) is 9.10. The predicted molar refractivity (Wildman–Crippen MR) is 146 cm³/mol. The van der Waals surface area contributed by atoms with Crippen LogP contribution < -0.4 is 0 Å². The second-order valence-electron chi connectivity index (χ2n) is 8.54. The zero-order valence-electron chi connectivity index (χ0n) is 23.0. The molecule has 0 spiro atoms. The minimum Gasteiger partial charge on any atom is -0.337 e. The molecular weight excluding hydrogens is 558 g/mol. The average molecular weight is 599 g/mol. The number of nitriles is 3. The van der Waals surface area contributed by atoms with Crippen molar-refractivity contribution in [1.29, 1.82) is 15.8 Å². The summed E-state index contributed by atoms with van der Waals surface area (Å²) in [6.45, 7) is 16.0. The van der Waals surface area contributed by atoms with Gasteiger partial charge in [0.05, 0.1) is 57.3 Å². The van der Waals surface area contributed by atoms with E-state index in [1.807, 2.05) is 72.2 Å². The number of hydrogen-bond acceptors (Lipinski definition) is 12. The van der Waals surface area contributed by atoms with Gasteiger partial charge >= 0.3 is 17.2 Å². The molecule has 0 amide bonds. The Bertz CT molecular complexity index is 718. The van der Waals surface area contributed by atoms with Crippen LogP contribution in [0.25, 0.3) is 0 Å². The molecule has 0 saturated heterocycles. The molecule has 4 unspecified atom stereocenters. The minimum absolute atomic E-state index is 0.0104. The second kappa shape index (κ2) is 21.6. The Hall–Kier alpha value is -0.170. The summed E-state index contributed by atoms with van der Waals surface area (Å²) in [6, 6.07) is 6.13. The smallest absolute Gasteiger partial charge is 0.337 e. The van der Waals surface area contributed by atoms with E-state index in [4.69, 9.17) is 42.3 Å². The minimum atomic E-state index is -2.18. The largest absolute Gasteiger partial charge is 0.346 e. The Morgan fingerprint density at radius 3 is 1.35 bits per heavy atom. The predicted octanol–water partition coefficient (Wildman–Crippen LogP) is 6.96. The molecule has 0 bridgehead atoms. The summed E-state index contributed by atoms with van der Waals surface area (Å²) in [5.41, 5.74) is 0. The average Bonchev–Trinajstić information content (AvgIpc) is 2.78. The highest BCUT2D eigenvalue weighted by atomic mass is 31.3. The third-order valence-electron chi connectivity index (χ3n) is 4.15. The van der Waals surface area contributed by atoms with Gasteiger partial charge in [0, 0.05) is 24.2 Å². The quantitative estimate of drug-likeness (QED) is 0.107. The van der Waals surface area contributed by atoms with Gasteiger partial charge in [0.15, 0.2) is 0 Å². The van der Waals surface area contributed by atoms with Gasteiger partial charge in [-0.05, 0) is 55.4 Å². The Balaban J connectivity index is 5.90. The van der Waals surface area contributed by atoms with Gasteiger partial charge in [-0.1, -0.05) is 0 Å². The van der Waals surface area contributed by atoms with Crippen LogP contribution in [0.1, 0.15) is 74.7 Å². The molecule has 16 heteroatoms. The van der Waals surface area contributed by atoms with Crippen molar-refractivity contribution in [2.24, 2.45) is 0 Å². The van der Waals surface area contributed by atoms with Crippen molar-refractivity contribution in [2.45, 2.75) is 98.8 Å². The summed E-state index contributed by atoms with van der Waals surface area (Å²) in [6.07, 6.45) is 0.383. The van der Waals surface area contributed by atoms with Crippen molar-refractivity contribution in [1.82, 2.24) is 9.34 Å². The van der Waals surface area contributed by atoms with Crippen LogP contribution in [0.4, 0.5) is 0 Å². The van der Waals surface area contributed by atoms with Crippen LogP contribution in [0.15, 0.2) is 0 Å². The van der Waals surface area contributed by atoms with E-state index in [-0.39, 0.29) is 63.3 Å². The first-order valence-corrected chi connectivity index (χ1v) is 16.5. The van der Waals surface area contributed by atoms with Gasteiger partial charge in [0.2, 0.25) is 0 Å². The van der Waals surface area contributed by atoms with Crippen molar-refractivity contribution in [3.8, 4) is 18.2 Å². The van der Waals surface area contributed by atoms with Gasteiger partial charge in [-0.2, -0.15) is 15.8 Å². The lowest BCUT2D eigenvalue weighted by molar-refractivity contribution is 0.191. The standard InChI is InChI=1S/C21H41N5O7P4/c1-18(2)25(19(3)4)34(27)31-36(29-16-10-13-23)33-37(30-17-11-14-24)32-35(28-15-9-12-22)26(20(5)6)21(7)8/h18-21,27H,9-11,15-17H2,1-8H3. The molecule has 212 valence electrons. The number of rotatable bonds is 21. The monoisotopic (exact) mass is 599 g/mol. The van der Waals surface area contributed by atoms with Gasteiger partial charge < -0.3 is 18.5 Å². The van der Waals surface area contributed by atoms with Crippen LogP contribution in [0, 0.1) is 34.0 Å². The van der Waals surface area contributed by atoms with Crippen LogP contribution >= 0.6 is 34.3 Å². The topological polar surface area (TPSA) is 153 Å². The summed E-state index contributed by atoms with van der Waals surface area (Å²) < 4.78 is 39.1. The van der Waals surface area contributed by atoms with Crippen LogP contribution in [-0.4, -0.2) is 58.2 Å². The number of nitrogens with zero attached hydrogens (tertiary/aromatic N) is 5. The summed E-state index contributed by atoms with van der Waals surface area (Å²) in [4.78, 5) is 10.8. The van der Waals surface area contributed by atoms with Crippen LogP contribution in [0.3, 0.4) is 0 Å². The van der Waals surface area contributed by atoms with E-state index >= 15 is 0 Å². The molecule has 0 aliphatic rings. The number of hydrogen-bond donors (Lipinski definition) is 1. The first-order chi connectivity index (χ1) is 17.5. The fourth-order valence-electron chi connectivity index (χ4n) is 2.94. The maximum absolute atomic E-state index is 10.8. The molecule has 0 aromatic rings. The maximum Gasteiger partial charge on any atom is 0.346 e. The molecule has 0 radical (unpaired) electrons. The summed E-state index contributed by atoms with van der Waals surface area (Å²) in [5.74, 6) is 0. The Morgan fingerprint density at radius 1 is 0.595 bits per heavy atom. The van der Waals surface area contributed by atoms with Gasteiger partial charge in [-0.15, -0.1) is 0 Å². The van der Waals surface area contributed by atoms with E-state index in [1.165, 1.54) is 0 Å². The maximum atomic E-state index is 10.8. The van der Waals surface area contributed by atoms with Crippen LogP contribution in [0.5, 0.6) is 0 Å². The van der Waals surface area contributed by atoms with Crippen molar-refractivity contribution < 1.29 is 31.4 Å². The van der Waals surface area contributed by atoms with Crippen molar-refractivity contribution >= 4 is 34.3 Å². The van der Waals surface area contributed by atoms with E-state index in [2.05, 4.69) is 6.07 Å². The normalized spacial score (nSPS) is 15.2. The molecule has 0 fully saturated rings. The molecule has 0 rings (SSSR count). The van der Waals surface area contributed by atoms with Crippen LogP contribution in [0.2, 0.25) is 0 Å². The molecule has 37 heavy (non-hydrogen) atoms. The first kappa shape index (κ1) is 36.8. The molecule has 0 heterocycles. The molecule has 0 saturated carbocycles. The molecule has 1 N–H and O–H groups in total. The lowest BCUT2D eigenvalue weighted by atomic mass is 10.3. The van der Waals surface area contributed by atoms with E-state index in [0.29, 0.717) is 0 Å². The summed E-state index contributed by atoms with van der Waals surface area (Å²) in [5, 5.41) is 26.9. The van der Waals surface area contributed by atoms with Crippen molar-refractivity contribution in [2.75, 3.05) is 19.8 Å². The summed E-state index contributed by atoms with van der Waals surface area (Å²) in [7, 11) is -8.14. The molecule has 4 atom stereocenters. The zero-order valence-corrected chi connectivity index (χ0v) is 26.6. The molecular formula is C21H41N5O7P4. The lowest BCUT2D eigenvalue weighted by Gasteiger charge is -2.37. The molecule has 0 aliphatic heterocycles. The Morgan fingerprint density at radius 2 is 0.973 bits per heavy atom. The van der Waals surface area contributed by atoms with Crippen LogP contribution in [-0.2, 0) is 26.5 Å². The van der Waals surface area contributed by atoms with Gasteiger partial charge in [-0.25, -0.2) is 22.3 Å². The summed E-state index contributed by atoms with van der Waals surface area (Å²) >= 11 is 0. The zero-order chi connectivity index (χ0) is 28.4. The van der Waals surface area contributed by atoms with E-state index in [0.717, 1.165) is 0 Å². The second-order valence-corrected chi connectivity index (χ2v) is 14.1. The van der Waals surface area contributed by atoms with E-state index < -0.39 is 34.3 Å². The fraction of sp³-hybridized carbons (Fsp3) is 0.857. The van der Waals surface area contributed by atoms with Crippen molar-refractivity contribution in [3.05, 3.63) is 0 Å². The third-order valence-corrected chi connectivity index (χ3v) is 11.2. The Kier molecular flexibility index (Phi) is 21.5. The molecule has 0 aliphatic carbocycles. The van der Waals surface area contributed by atoms with Gasteiger partial charge in [-0.3, -0.25) is 0 Å². The lowest BCUT2D eigenvalue weighted by Crippen LogP contribution is -2.33. The Labute approximate surface area is 227 Å². The SMILES string of the molecule is CC(C)N(C(C)C)P(O)OP(OCCC#N)OP(OCCC#N)OP(OCCC#N)N(C(C)C)C(C)C. The highest BCUT2D eigenvalue weighted by Gasteiger charge is 2.36. The van der Waals surface area contributed by atoms with Gasteiger partial charge in [0.1, 0.15) is 0 Å².